The Labute approximate surface area is 154 Å². The molecule has 0 saturated heterocycles. The molecule has 0 radical (unpaired) electrons. The summed E-state index contributed by atoms with van der Waals surface area (Å²) < 4.78 is 13.8. The summed E-state index contributed by atoms with van der Waals surface area (Å²) in [6.45, 7) is 1.71. The number of carbonyl (C=O) groups is 2. The molecule has 132 valence electrons. The molecule has 0 fully saturated rings. The van der Waals surface area contributed by atoms with Crippen molar-refractivity contribution in [2.75, 3.05) is 5.32 Å². The fourth-order valence-electron chi connectivity index (χ4n) is 2.87. The predicted molar refractivity (Wildman–Crippen MR) is 99.0 cm³/mol. The molecular formula is C21H14FN3O2. The van der Waals surface area contributed by atoms with Crippen LogP contribution in [0.2, 0.25) is 0 Å². The molecule has 1 aromatic heterocycles. The Balaban J connectivity index is 1.58. The molecule has 6 heteroatoms. The number of aromatic nitrogens is 2. The number of nitrogens with zero attached hydrogens (tertiary/aromatic N) is 2. The molecule has 1 aliphatic carbocycles. The second-order valence-electron chi connectivity index (χ2n) is 6.20. The molecule has 1 N–H and O–H groups in total. The van der Waals surface area contributed by atoms with Gasteiger partial charge in [-0.2, -0.15) is 0 Å². The van der Waals surface area contributed by atoms with E-state index in [1.54, 1.807) is 25.1 Å². The van der Waals surface area contributed by atoms with Crippen LogP contribution in [0.1, 0.15) is 26.4 Å². The number of halogens is 1. The highest BCUT2D eigenvalue weighted by molar-refractivity contribution is 6.24. The van der Waals surface area contributed by atoms with Crippen LogP contribution in [-0.4, -0.2) is 21.5 Å². The number of ketones is 2. The van der Waals surface area contributed by atoms with Gasteiger partial charge in [0.1, 0.15) is 17.8 Å². The second-order valence-corrected chi connectivity index (χ2v) is 6.20. The number of anilines is 1. The number of Topliss-reactive ketones (excluding diaryl/α,β-unsaturated/α-hetero) is 1. The van der Waals surface area contributed by atoms with E-state index in [0.717, 1.165) is 11.1 Å². The molecule has 1 heterocycles. The van der Waals surface area contributed by atoms with Crippen LogP contribution in [0.5, 0.6) is 0 Å². The lowest BCUT2D eigenvalue weighted by Crippen LogP contribution is -2.22. The lowest BCUT2D eigenvalue weighted by atomic mass is 9.98. The molecule has 5 nitrogen and oxygen atoms in total. The van der Waals surface area contributed by atoms with E-state index in [4.69, 9.17) is 0 Å². The molecule has 27 heavy (non-hydrogen) atoms. The molecule has 3 aromatic rings. The van der Waals surface area contributed by atoms with E-state index >= 15 is 0 Å². The highest BCUT2D eigenvalue weighted by Crippen LogP contribution is 2.25. The van der Waals surface area contributed by atoms with Crippen molar-refractivity contribution in [1.82, 2.24) is 9.97 Å². The summed E-state index contributed by atoms with van der Waals surface area (Å²) >= 11 is 0. The van der Waals surface area contributed by atoms with Crippen LogP contribution in [0.3, 0.4) is 0 Å². The standard InChI is InChI=1S/C21H14FN3O2/c1-12-2-3-14(8-17(12)22)13-4-6-15(7-5-13)25-18-9-19(26)20-16(21(18)27)10-23-11-24-20/h2-11,25H,1H3. The van der Waals surface area contributed by atoms with Crippen molar-refractivity contribution in [3.05, 3.63) is 89.4 Å². The minimum absolute atomic E-state index is 0.109. The number of nitrogens with one attached hydrogen (secondary N) is 1. The molecular weight excluding hydrogens is 345 g/mol. The molecule has 0 amide bonds. The zero-order chi connectivity index (χ0) is 19.0. The number of carbonyl (C=O) groups excluding carboxylic acids is 2. The Morgan fingerprint density at radius 1 is 1.00 bits per heavy atom. The summed E-state index contributed by atoms with van der Waals surface area (Å²) in [7, 11) is 0. The number of aryl methyl sites for hydroxylation is 1. The van der Waals surface area contributed by atoms with E-state index in [2.05, 4.69) is 15.3 Å². The first-order valence-corrected chi connectivity index (χ1v) is 8.27. The molecule has 0 atom stereocenters. The minimum atomic E-state index is -0.346. The SMILES string of the molecule is Cc1ccc(-c2ccc(NC3=CC(=O)c4ncncc4C3=O)cc2)cc1F. The van der Waals surface area contributed by atoms with Gasteiger partial charge in [0.25, 0.3) is 0 Å². The first-order valence-electron chi connectivity index (χ1n) is 8.27. The van der Waals surface area contributed by atoms with Gasteiger partial charge < -0.3 is 5.32 Å². The van der Waals surface area contributed by atoms with Crippen molar-refractivity contribution in [3.63, 3.8) is 0 Å². The number of fused-ring (bicyclic) bond motifs is 1. The van der Waals surface area contributed by atoms with E-state index < -0.39 is 0 Å². The molecule has 0 saturated carbocycles. The van der Waals surface area contributed by atoms with E-state index in [9.17, 15) is 14.0 Å². The summed E-state index contributed by atoms with van der Waals surface area (Å²) in [5, 5.41) is 2.96. The summed E-state index contributed by atoms with van der Waals surface area (Å²) in [6, 6.07) is 12.2. The zero-order valence-corrected chi connectivity index (χ0v) is 14.4. The Morgan fingerprint density at radius 2 is 1.74 bits per heavy atom. The van der Waals surface area contributed by atoms with Crippen LogP contribution < -0.4 is 5.32 Å². The van der Waals surface area contributed by atoms with Gasteiger partial charge in [0.05, 0.1) is 11.3 Å². The predicted octanol–water partition coefficient (Wildman–Crippen LogP) is 3.97. The fourth-order valence-corrected chi connectivity index (χ4v) is 2.87. The average molecular weight is 359 g/mol. The van der Waals surface area contributed by atoms with E-state index in [1.807, 2.05) is 18.2 Å². The third-order valence-corrected chi connectivity index (χ3v) is 4.38. The highest BCUT2D eigenvalue weighted by atomic mass is 19.1. The van der Waals surface area contributed by atoms with Crippen LogP contribution in [0, 0.1) is 12.7 Å². The smallest absolute Gasteiger partial charge is 0.213 e. The van der Waals surface area contributed by atoms with Gasteiger partial charge in [-0.15, -0.1) is 0 Å². The highest BCUT2D eigenvalue weighted by Gasteiger charge is 2.27. The van der Waals surface area contributed by atoms with Crippen LogP contribution in [-0.2, 0) is 0 Å². The van der Waals surface area contributed by atoms with Crippen LogP contribution >= 0.6 is 0 Å². The summed E-state index contributed by atoms with van der Waals surface area (Å²) in [6.07, 6.45) is 3.82. The van der Waals surface area contributed by atoms with E-state index in [1.165, 1.54) is 24.7 Å². The summed E-state index contributed by atoms with van der Waals surface area (Å²) in [5.74, 6) is -0.941. The van der Waals surface area contributed by atoms with Gasteiger partial charge in [0.15, 0.2) is 0 Å². The first-order chi connectivity index (χ1) is 13.0. The van der Waals surface area contributed by atoms with Crippen molar-refractivity contribution in [1.29, 1.82) is 0 Å². The van der Waals surface area contributed by atoms with Gasteiger partial charge in [-0.25, -0.2) is 14.4 Å². The Bertz CT molecular complexity index is 1100. The third-order valence-electron chi connectivity index (χ3n) is 4.38. The summed E-state index contributed by atoms with van der Waals surface area (Å²) in [5.41, 5.74) is 3.29. The maximum absolute atomic E-state index is 13.8. The molecule has 0 unspecified atom stereocenters. The first kappa shape index (κ1) is 16.8. The zero-order valence-electron chi connectivity index (χ0n) is 14.4. The number of benzene rings is 2. The minimum Gasteiger partial charge on any atom is -0.352 e. The Kier molecular flexibility index (Phi) is 4.08. The van der Waals surface area contributed by atoms with Gasteiger partial charge in [-0.3, -0.25) is 9.59 Å². The van der Waals surface area contributed by atoms with Gasteiger partial charge in [-0.05, 0) is 41.8 Å². The van der Waals surface area contributed by atoms with Crippen molar-refractivity contribution in [3.8, 4) is 11.1 Å². The van der Waals surface area contributed by atoms with Crippen molar-refractivity contribution >= 4 is 17.3 Å². The van der Waals surface area contributed by atoms with Gasteiger partial charge in [0.2, 0.25) is 11.6 Å². The fraction of sp³-hybridized carbons (Fsp3) is 0.0476. The monoisotopic (exact) mass is 359 g/mol. The molecule has 0 bridgehead atoms. The van der Waals surface area contributed by atoms with Gasteiger partial charge >= 0.3 is 0 Å². The molecule has 0 spiro atoms. The topological polar surface area (TPSA) is 72.0 Å². The number of hydrogen-bond donors (Lipinski definition) is 1. The Morgan fingerprint density at radius 3 is 2.48 bits per heavy atom. The number of rotatable bonds is 3. The largest absolute Gasteiger partial charge is 0.352 e. The van der Waals surface area contributed by atoms with Gasteiger partial charge in [-0.1, -0.05) is 24.3 Å². The third kappa shape index (κ3) is 3.13. The molecule has 0 aliphatic heterocycles. The van der Waals surface area contributed by atoms with E-state index in [0.29, 0.717) is 11.3 Å². The lowest BCUT2D eigenvalue weighted by molar-refractivity contribution is 0.0981. The number of hydrogen-bond acceptors (Lipinski definition) is 5. The van der Waals surface area contributed by atoms with Crippen molar-refractivity contribution in [2.45, 2.75) is 6.92 Å². The van der Waals surface area contributed by atoms with E-state index in [-0.39, 0.29) is 34.3 Å². The Hall–Kier alpha value is -3.67. The molecule has 1 aliphatic rings. The summed E-state index contributed by atoms with van der Waals surface area (Å²) in [4.78, 5) is 32.3. The normalized spacial score (nSPS) is 13.2. The molecule has 2 aromatic carbocycles. The van der Waals surface area contributed by atoms with Crippen molar-refractivity contribution < 1.29 is 14.0 Å². The van der Waals surface area contributed by atoms with Crippen LogP contribution in [0.25, 0.3) is 11.1 Å². The number of allylic oxidation sites excluding steroid dienone is 2. The van der Waals surface area contributed by atoms with Crippen molar-refractivity contribution in [2.24, 2.45) is 0 Å². The second kappa shape index (κ2) is 6.57. The average Bonchev–Trinajstić information content (AvgIpc) is 2.69. The lowest BCUT2D eigenvalue weighted by Gasteiger charge is -2.15. The maximum Gasteiger partial charge on any atom is 0.213 e. The quantitative estimate of drug-likeness (QED) is 0.766. The molecule has 4 rings (SSSR count). The van der Waals surface area contributed by atoms with Gasteiger partial charge in [0, 0.05) is 18.0 Å². The maximum atomic E-state index is 13.8. The van der Waals surface area contributed by atoms with Crippen LogP contribution in [0.15, 0.2) is 66.8 Å². The van der Waals surface area contributed by atoms with Crippen LogP contribution in [0.4, 0.5) is 10.1 Å².